The van der Waals surface area contributed by atoms with Crippen LogP contribution in [0.15, 0.2) is 59.0 Å². The lowest BCUT2D eigenvalue weighted by Crippen LogP contribution is -2.81. The monoisotopic (exact) mass is 870 g/mol. The van der Waals surface area contributed by atoms with Gasteiger partial charge in [-0.05, 0) is 73.5 Å². The summed E-state index contributed by atoms with van der Waals surface area (Å²) in [6, 6.07) is 8.34. The van der Waals surface area contributed by atoms with E-state index in [2.05, 4.69) is 33.8 Å². The molecule has 62 heavy (non-hydrogen) atoms. The number of esters is 3. The highest BCUT2D eigenvalue weighted by Gasteiger charge is 2.80. The van der Waals surface area contributed by atoms with Gasteiger partial charge in [0.15, 0.2) is 6.10 Å². The van der Waals surface area contributed by atoms with E-state index >= 15 is 4.79 Å². The van der Waals surface area contributed by atoms with Crippen LogP contribution < -0.4 is 9.64 Å². The average molecular weight is 871 g/mol. The minimum Gasteiger partial charge on any atom is -0.496 e. The van der Waals surface area contributed by atoms with E-state index in [1.54, 1.807) is 13.2 Å². The lowest BCUT2D eigenvalue weighted by molar-refractivity contribution is -0.228. The van der Waals surface area contributed by atoms with E-state index < -0.39 is 62.7 Å². The molecule has 10 atom stereocenters. The van der Waals surface area contributed by atoms with Crippen LogP contribution in [0.5, 0.6) is 5.75 Å². The Morgan fingerprint density at radius 1 is 1.02 bits per heavy atom. The predicted molar refractivity (Wildman–Crippen MR) is 232 cm³/mol. The van der Waals surface area contributed by atoms with Crippen LogP contribution in [0.2, 0.25) is 0 Å². The Morgan fingerprint density at radius 3 is 2.47 bits per heavy atom. The zero-order valence-electron chi connectivity index (χ0n) is 36.6. The highest BCUT2D eigenvalue weighted by atomic mass is 32.2. The van der Waals surface area contributed by atoms with Gasteiger partial charge in [0.25, 0.3) is 0 Å². The molecule has 9 rings (SSSR count). The normalized spacial score (nSPS) is 33.6. The number of benzene rings is 2. The van der Waals surface area contributed by atoms with Crippen molar-refractivity contribution in [1.29, 1.82) is 0 Å². The molecule has 6 aliphatic rings. The largest absolute Gasteiger partial charge is 0.496 e. The molecule has 15 heteroatoms. The van der Waals surface area contributed by atoms with Gasteiger partial charge in [0.05, 0.1) is 50.5 Å². The van der Waals surface area contributed by atoms with Gasteiger partial charge < -0.3 is 39.0 Å². The number of ether oxygens (including phenoxy) is 4. The van der Waals surface area contributed by atoms with Gasteiger partial charge in [-0.3, -0.25) is 23.6 Å². The Balaban J connectivity index is 1.36. The molecule has 2 bridgehead atoms. The summed E-state index contributed by atoms with van der Waals surface area (Å²) >= 11 is 0. The number of carbonyl (C=O) groups excluding carboxylic acids is 3. The summed E-state index contributed by atoms with van der Waals surface area (Å²) in [7, 11) is 4.65. The summed E-state index contributed by atoms with van der Waals surface area (Å²) in [5.41, 5.74) is 0.0226. The second kappa shape index (κ2) is 15.3. The van der Waals surface area contributed by atoms with E-state index in [1.807, 2.05) is 49.2 Å². The van der Waals surface area contributed by atoms with Crippen molar-refractivity contribution in [3.8, 4) is 5.75 Å². The molecule has 1 spiro atoms. The maximum atomic E-state index is 15.4. The third-order valence-corrected chi connectivity index (χ3v) is 16.7. The number of rotatable bonds is 10. The van der Waals surface area contributed by atoms with Crippen LogP contribution in [0, 0.1) is 11.3 Å². The van der Waals surface area contributed by atoms with Crippen LogP contribution >= 0.6 is 0 Å². The number of H-pyrrole nitrogens is 1. The third kappa shape index (κ3) is 5.66. The van der Waals surface area contributed by atoms with Crippen molar-refractivity contribution in [2.24, 2.45) is 11.3 Å². The van der Waals surface area contributed by atoms with Gasteiger partial charge in [-0.2, -0.15) is 0 Å². The summed E-state index contributed by atoms with van der Waals surface area (Å²) in [6.45, 7) is 8.48. The summed E-state index contributed by atoms with van der Waals surface area (Å²) in [4.78, 5) is 53.8. The van der Waals surface area contributed by atoms with Crippen molar-refractivity contribution in [3.05, 3.63) is 76.5 Å². The van der Waals surface area contributed by atoms with Crippen LogP contribution in [-0.2, 0) is 56.8 Å². The molecule has 1 saturated heterocycles. The molecule has 2 fully saturated rings. The molecule has 3 aromatic rings. The summed E-state index contributed by atoms with van der Waals surface area (Å²) < 4.78 is 37.3. The highest BCUT2D eigenvalue weighted by molar-refractivity contribution is 7.85. The van der Waals surface area contributed by atoms with E-state index in [1.165, 1.54) is 26.7 Å². The van der Waals surface area contributed by atoms with Crippen molar-refractivity contribution >= 4 is 45.3 Å². The third-order valence-electron chi connectivity index (χ3n) is 15.4. The average Bonchev–Trinajstić information content (AvgIpc) is 3.92. The standard InChI is InChI=1S/C47H58N4O10S/c1-8-28-19-29-23-46(42(54)59-6,38-32(26-50(24-28)25-29)31-20-30(62(57)18-17-52)11-12-35(31)48-38)34-21-33-36(22-37(34)58-5)49(4)40-45(33)14-16-51-15-10-13-44(9-2,39(45)51)41(61-27(3)53)47(40,56)43(55)60-7/h10-13,19-22,29,39-41,48,52,56H,8-9,14-18,23-26H2,1-7H3/t29-,39+,40-,41-,44-,45-,46+,47+,62?/m1/s1. The van der Waals surface area contributed by atoms with E-state index in [9.17, 15) is 24.0 Å². The van der Waals surface area contributed by atoms with Crippen molar-refractivity contribution in [2.75, 3.05) is 71.8 Å². The minimum atomic E-state index is -2.32. The zero-order valence-corrected chi connectivity index (χ0v) is 37.4. The molecule has 1 aliphatic carbocycles. The zero-order chi connectivity index (χ0) is 44.1. The Morgan fingerprint density at radius 2 is 1.79 bits per heavy atom. The fourth-order valence-electron chi connectivity index (χ4n) is 13.2. The first kappa shape index (κ1) is 42.7. The molecule has 332 valence electrons. The number of methoxy groups -OCH3 is 3. The number of anilines is 1. The number of fused-ring (bicyclic) bond motifs is 6. The van der Waals surface area contributed by atoms with E-state index in [-0.39, 0.29) is 24.3 Å². The number of aromatic amines is 1. The lowest BCUT2D eigenvalue weighted by atomic mass is 9.47. The fourth-order valence-corrected chi connectivity index (χ4v) is 14.1. The Bertz CT molecular complexity index is 2450. The molecule has 0 radical (unpaired) electrons. The lowest BCUT2D eigenvalue weighted by Gasteiger charge is -2.63. The van der Waals surface area contributed by atoms with Crippen molar-refractivity contribution in [3.63, 3.8) is 0 Å². The van der Waals surface area contributed by atoms with Gasteiger partial charge in [0.2, 0.25) is 5.60 Å². The molecule has 5 aliphatic heterocycles. The maximum Gasteiger partial charge on any atom is 0.344 e. The van der Waals surface area contributed by atoms with Gasteiger partial charge in [0, 0.05) is 95.8 Å². The van der Waals surface area contributed by atoms with Gasteiger partial charge in [-0.1, -0.05) is 37.6 Å². The van der Waals surface area contributed by atoms with Gasteiger partial charge in [-0.15, -0.1) is 0 Å². The van der Waals surface area contributed by atoms with Crippen LogP contribution in [0.25, 0.3) is 10.9 Å². The van der Waals surface area contributed by atoms with Crippen molar-refractivity contribution < 1.29 is 47.8 Å². The van der Waals surface area contributed by atoms with Crippen LogP contribution in [-0.4, -0.2) is 138 Å². The van der Waals surface area contributed by atoms with E-state index in [0.29, 0.717) is 67.3 Å². The molecular weight excluding hydrogens is 813 g/mol. The summed E-state index contributed by atoms with van der Waals surface area (Å²) in [5, 5.41) is 23.9. The van der Waals surface area contributed by atoms with Gasteiger partial charge >= 0.3 is 17.9 Å². The number of nitrogens with zero attached hydrogens (tertiary/aromatic N) is 3. The highest BCUT2D eigenvalue weighted by Crippen LogP contribution is 2.68. The molecule has 3 N–H and O–H groups in total. The smallest absolute Gasteiger partial charge is 0.344 e. The topological polar surface area (TPSA) is 171 Å². The van der Waals surface area contributed by atoms with Crippen LogP contribution in [0.4, 0.5) is 5.69 Å². The molecule has 1 aromatic heterocycles. The first-order chi connectivity index (χ1) is 29.7. The Labute approximate surface area is 364 Å². The SMILES string of the molecule is CCC1=C[C@H]2CN(C1)Cc1c([nH]c3ccc(S(=O)CCO)cc13)[C@@](C(=O)OC)(c1cc3c(cc1OC)N(C)[C@H]1[C@@](O)(C(=O)OC)[C@H](OC(C)=O)[C@]4(CC)C=CCN5CC[C@]31[C@@H]54)C2. The van der Waals surface area contributed by atoms with Gasteiger partial charge in [0.1, 0.15) is 11.2 Å². The first-order valence-electron chi connectivity index (χ1n) is 21.7. The van der Waals surface area contributed by atoms with Crippen LogP contribution in [0.1, 0.15) is 68.8 Å². The summed E-state index contributed by atoms with van der Waals surface area (Å²) in [6.07, 6.45) is 7.29. The number of carbonyl (C=O) groups is 3. The number of aliphatic hydroxyl groups is 2. The number of aromatic nitrogens is 1. The molecule has 2 unspecified atom stereocenters. The molecular formula is C47H58N4O10S. The molecule has 1 saturated carbocycles. The van der Waals surface area contributed by atoms with Crippen molar-refractivity contribution in [1.82, 2.24) is 14.8 Å². The predicted octanol–water partition coefficient (Wildman–Crippen LogP) is 3.85. The first-order valence-corrected chi connectivity index (χ1v) is 23.1. The van der Waals surface area contributed by atoms with Crippen molar-refractivity contribution in [2.45, 2.75) is 92.5 Å². The number of aliphatic hydroxyl groups excluding tert-OH is 1. The minimum absolute atomic E-state index is 0.0571. The van der Waals surface area contributed by atoms with Crippen LogP contribution in [0.3, 0.4) is 0 Å². The Kier molecular flexibility index (Phi) is 10.6. The Hall–Kier alpha value is -4.54. The van der Waals surface area contributed by atoms with Gasteiger partial charge in [-0.25, -0.2) is 4.79 Å². The number of hydrogen-bond donors (Lipinski definition) is 3. The fraction of sp³-hybridized carbons (Fsp3) is 0.553. The number of nitrogens with one attached hydrogen (secondary N) is 1. The molecule has 2 aromatic carbocycles. The molecule has 14 nitrogen and oxygen atoms in total. The molecule has 6 heterocycles. The summed E-state index contributed by atoms with van der Waals surface area (Å²) in [5.74, 6) is -1.51. The number of likely N-dealkylation sites (N-methyl/N-ethyl adjacent to an activating group) is 1. The maximum absolute atomic E-state index is 15.4. The second-order valence-electron chi connectivity index (χ2n) is 18.1. The second-order valence-corrected chi connectivity index (χ2v) is 19.7. The van der Waals surface area contributed by atoms with E-state index in [0.717, 1.165) is 40.7 Å². The number of hydrogen-bond acceptors (Lipinski definition) is 13. The van der Waals surface area contributed by atoms with E-state index in [4.69, 9.17) is 18.9 Å². The quantitative estimate of drug-likeness (QED) is 0.153. The molecule has 0 amide bonds.